The minimum atomic E-state index is -0.973. The zero-order chi connectivity index (χ0) is 27.3. The van der Waals surface area contributed by atoms with E-state index < -0.39 is 47.6 Å². The van der Waals surface area contributed by atoms with Crippen molar-refractivity contribution in [1.29, 1.82) is 0 Å². The lowest BCUT2D eigenvalue weighted by molar-refractivity contribution is -0.145. The number of amides is 3. The molecule has 202 valence electrons. The molecule has 3 atom stereocenters. The summed E-state index contributed by atoms with van der Waals surface area (Å²) in [6, 6.07) is 6.54. The number of hydrogen-bond donors (Lipinski definition) is 3. The first-order valence-corrected chi connectivity index (χ1v) is 13.5. The van der Waals surface area contributed by atoms with Crippen molar-refractivity contribution < 1.29 is 28.7 Å². The van der Waals surface area contributed by atoms with Gasteiger partial charge in [0, 0.05) is 6.42 Å². The molecule has 0 heterocycles. The van der Waals surface area contributed by atoms with Crippen molar-refractivity contribution in [1.82, 2.24) is 16.0 Å². The van der Waals surface area contributed by atoms with Gasteiger partial charge in [0.15, 0.2) is 0 Å². The van der Waals surface area contributed by atoms with Crippen LogP contribution in [-0.4, -0.2) is 66.7 Å². The van der Waals surface area contributed by atoms with Gasteiger partial charge in [-0.2, -0.15) is 11.8 Å². The Labute approximate surface area is 218 Å². The quantitative estimate of drug-likeness (QED) is 0.340. The molecule has 0 bridgehead atoms. The Morgan fingerprint density at radius 1 is 0.917 bits per heavy atom. The highest BCUT2D eigenvalue weighted by atomic mass is 32.2. The van der Waals surface area contributed by atoms with Crippen LogP contribution in [0.15, 0.2) is 30.3 Å². The molecule has 0 unspecified atom stereocenters. The van der Waals surface area contributed by atoms with Crippen molar-refractivity contribution in [3.05, 3.63) is 35.9 Å². The van der Waals surface area contributed by atoms with Crippen molar-refractivity contribution in [3.8, 4) is 0 Å². The Hall–Kier alpha value is -2.75. The first-order valence-electron chi connectivity index (χ1n) is 12.1. The average Bonchev–Trinajstić information content (AvgIpc) is 2.79. The second kappa shape index (κ2) is 15.4. The van der Waals surface area contributed by atoms with Crippen LogP contribution in [0.4, 0.5) is 4.79 Å². The lowest BCUT2D eigenvalue weighted by atomic mass is 10.0. The number of benzene rings is 1. The number of carbonyl (C=O) groups is 4. The second-order valence-electron chi connectivity index (χ2n) is 9.95. The van der Waals surface area contributed by atoms with E-state index in [4.69, 9.17) is 9.47 Å². The molecular formula is C26H41N3O6S. The van der Waals surface area contributed by atoms with Crippen molar-refractivity contribution in [2.24, 2.45) is 5.92 Å². The molecule has 3 N–H and O–H groups in total. The summed E-state index contributed by atoms with van der Waals surface area (Å²) in [6.45, 7) is 9.07. The Balaban J connectivity index is 3.08. The number of esters is 1. The highest BCUT2D eigenvalue weighted by Gasteiger charge is 2.31. The summed E-state index contributed by atoms with van der Waals surface area (Å²) in [7, 11) is 1.27. The predicted octanol–water partition coefficient (Wildman–Crippen LogP) is 3.06. The number of rotatable bonds is 13. The molecule has 1 aromatic rings. The molecule has 0 spiro atoms. The zero-order valence-electron chi connectivity index (χ0n) is 22.4. The van der Waals surface area contributed by atoms with Gasteiger partial charge in [0.25, 0.3) is 0 Å². The van der Waals surface area contributed by atoms with Crippen molar-refractivity contribution in [2.75, 3.05) is 19.1 Å². The summed E-state index contributed by atoms with van der Waals surface area (Å²) >= 11 is 1.53. The van der Waals surface area contributed by atoms with E-state index >= 15 is 0 Å². The molecule has 3 amide bonds. The SMILES string of the molecule is COC(=O)[C@H](CC(C)C)NC(=O)[C@H](CCSC)NC(=O)[C@H](Cc1ccccc1)NC(=O)OC(C)(C)C. The summed E-state index contributed by atoms with van der Waals surface area (Å²) in [5, 5.41) is 8.13. The molecule has 0 saturated carbocycles. The third kappa shape index (κ3) is 12.3. The molecule has 0 fully saturated rings. The van der Waals surface area contributed by atoms with E-state index in [0.29, 0.717) is 18.6 Å². The smallest absolute Gasteiger partial charge is 0.408 e. The Bertz CT molecular complexity index is 857. The molecule has 9 nitrogen and oxygen atoms in total. The van der Waals surface area contributed by atoms with E-state index in [2.05, 4.69) is 16.0 Å². The Morgan fingerprint density at radius 3 is 2.03 bits per heavy atom. The molecule has 10 heteroatoms. The lowest BCUT2D eigenvalue weighted by Crippen LogP contribution is -2.56. The molecule has 1 rings (SSSR count). The van der Waals surface area contributed by atoms with E-state index in [1.807, 2.05) is 50.4 Å². The van der Waals surface area contributed by atoms with E-state index in [9.17, 15) is 19.2 Å². The van der Waals surface area contributed by atoms with Crippen LogP contribution in [0.3, 0.4) is 0 Å². The van der Waals surface area contributed by atoms with Crippen molar-refractivity contribution in [3.63, 3.8) is 0 Å². The normalized spacial score (nSPS) is 13.8. The zero-order valence-corrected chi connectivity index (χ0v) is 23.2. The van der Waals surface area contributed by atoms with Crippen LogP contribution >= 0.6 is 11.8 Å². The molecule has 36 heavy (non-hydrogen) atoms. The van der Waals surface area contributed by atoms with Crippen LogP contribution in [0.1, 0.15) is 53.0 Å². The fraction of sp³-hybridized carbons (Fsp3) is 0.615. The highest BCUT2D eigenvalue weighted by Crippen LogP contribution is 2.11. The van der Waals surface area contributed by atoms with Crippen molar-refractivity contribution in [2.45, 2.75) is 77.6 Å². The maximum Gasteiger partial charge on any atom is 0.408 e. The lowest BCUT2D eigenvalue weighted by Gasteiger charge is -2.26. The van der Waals surface area contributed by atoms with Gasteiger partial charge in [-0.15, -0.1) is 0 Å². The van der Waals surface area contributed by atoms with E-state index in [0.717, 1.165) is 5.56 Å². The topological polar surface area (TPSA) is 123 Å². The predicted molar refractivity (Wildman–Crippen MR) is 142 cm³/mol. The van der Waals surface area contributed by atoms with Gasteiger partial charge in [-0.3, -0.25) is 9.59 Å². The summed E-state index contributed by atoms with van der Waals surface area (Å²) in [5.74, 6) is -0.801. The number of alkyl carbamates (subject to hydrolysis) is 1. The number of thioether (sulfide) groups is 1. The average molecular weight is 524 g/mol. The molecule has 0 aliphatic heterocycles. The van der Waals surface area contributed by atoms with Crippen LogP contribution in [0.5, 0.6) is 0 Å². The number of ether oxygens (including phenoxy) is 2. The molecule has 0 aliphatic rings. The standard InChI is InChI=1S/C26H41N3O6S/c1-17(2)15-21(24(32)34-6)28-22(30)19(13-14-36-7)27-23(31)20(16-18-11-9-8-10-12-18)29-25(33)35-26(3,4)5/h8-12,17,19-21H,13-16H2,1-7H3,(H,27,31)(H,28,30)(H,29,33)/t19-,20-,21-/m0/s1. The van der Waals surface area contributed by atoms with Gasteiger partial charge >= 0.3 is 12.1 Å². The molecule has 0 aliphatic carbocycles. The van der Waals surface area contributed by atoms with Gasteiger partial charge < -0.3 is 25.4 Å². The van der Waals surface area contributed by atoms with Gasteiger partial charge in [-0.25, -0.2) is 9.59 Å². The van der Waals surface area contributed by atoms with Gasteiger partial charge in [0.05, 0.1) is 7.11 Å². The minimum Gasteiger partial charge on any atom is -0.467 e. The van der Waals surface area contributed by atoms with Crippen LogP contribution in [-0.2, 0) is 30.3 Å². The monoisotopic (exact) mass is 523 g/mol. The van der Waals surface area contributed by atoms with Gasteiger partial charge in [0.2, 0.25) is 11.8 Å². The second-order valence-corrected chi connectivity index (χ2v) is 10.9. The highest BCUT2D eigenvalue weighted by molar-refractivity contribution is 7.98. The summed E-state index contributed by atoms with van der Waals surface area (Å²) in [4.78, 5) is 51.1. The number of methoxy groups -OCH3 is 1. The van der Waals surface area contributed by atoms with E-state index in [1.165, 1.54) is 18.9 Å². The fourth-order valence-corrected chi connectivity index (χ4v) is 3.86. The van der Waals surface area contributed by atoms with E-state index in [-0.39, 0.29) is 12.3 Å². The Kier molecular flexibility index (Phi) is 13.4. The minimum absolute atomic E-state index is 0.141. The van der Waals surface area contributed by atoms with Gasteiger partial charge in [0.1, 0.15) is 23.7 Å². The van der Waals surface area contributed by atoms with E-state index in [1.54, 1.807) is 20.8 Å². The number of hydrogen-bond acceptors (Lipinski definition) is 7. The summed E-state index contributed by atoms with van der Waals surface area (Å²) in [5.41, 5.74) is 0.0966. The molecule has 1 aromatic carbocycles. The van der Waals surface area contributed by atoms with Crippen LogP contribution in [0.25, 0.3) is 0 Å². The number of nitrogens with one attached hydrogen (secondary N) is 3. The first kappa shape index (κ1) is 31.3. The van der Waals surface area contributed by atoms with Crippen molar-refractivity contribution >= 4 is 35.6 Å². The van der Waals surface area contributed by atoms with Crippen LogP contribution in [0, 0.1) is 5.92 Å². The fourth-order valence-electron chi connectivity index (χ4n) is 3.39. The third-order valence-electron chi connectivity index (χ3n) is 5.04. The maximum atomic E-state index is 13.3. The molecule has 0 aromatic heterocycles. The molecular weight excluding hydrogens is 482 g/mol. The molecule has 0 saturated heterocycles. The Morgan fingerprint density at radius 2 is 1.50 bits per heavy atom. The van der Waals surface area contributed by atoms with Gasteiger partial charge in [-0.05, 0) is 57.1 Å². The number of carbonyl (C=O) groups excluding carboxylic acids is 4. The summed E-state index contributed by atoms with van der Waals surface area (Å²) < 4.78 is 10.2. The summed E-state index contributed by atoms with van der Waals surface area (Å²) in [6.07, 6.45) is 2.12. The van der Waals surface area contributed by atoms with Crippen LogP contribution < -0.4 is 16.0 Å². The maximum absolute atomic E-state index is 13.3. The largest absolute Gasteiger partial charge is 0.467 e. The third-order valence-corrected chi connectivity index (χ3v) is 5.69. The molecule has 0 radical (unpaired) electrons. The van der Waals surface area contributed by atoms with Gasteiger partial charge in [-0.1, -0.05) is 44.2 Å². The van der Waals surface area contributed by atoms with Crippen LogP contribution in [0.2, 0.25) is 0 Å². The first-order chi connectivity index (χ1) is 16.9.